The van der Waals surface area contributed by atoms with E-state index in [0.29, 0.717) is 10.5 Å². The smallest absolute Gasteiger partial charge is 0.184 e. The quantitative estimate of drug-likeness (QED) is 0.635. The van der Waals surface area contributed by atoms with Crippen LogP contribution in [0.5, 0.6) is 0 Å². The van der Waals surface area contributed by atoms with Crippen molar-refractivity contribution in [1.82, 2.24) is 0 Å². The lowest BCUT2D eigenvalue weighted by Crippen LogP contribution is -2.09. The molecule has 2 N–H and O–H groups in total. The van der Waals surface area contributed by atoms with Crippen LogP contribution in [0.4, 0.5) is 30.2 Å². The average Bonchev–Trinajstić information content (AvgIpc) is 2.63. The molecule has 0 spiro atoms. The molecule has 0 aliphatic rings. The second-order valence-corrected chi connectivity index (χ2v) is 6.79. The zero-order valence-corrected chi connectivity index (χ0v) is 14.5. The number of benzene rings is 3. The summed E-state index contributed by atoms with van der Waals surface area (Å²) in [6.45, 7) is 1.71. The Kier molecular flexibility index (Phi) is 5.27. The van der Waals surface area contributed by atoms with Gasteiger partial charge in [-0.25, -0.2) is 17.4 Å². The predicted molar refractivity (Wildman–Crippen MR) is 97.3 cm³/mol. The van der Waals surface area contributed by atoms with Crippen molar-refractivity contribution in [2.24, 2.45) is 0 Å². The summed E-state index contributed by atoms with van der Waals surface area (Å²) in [6, 6.07) is 14.9. The molecule has 0 bridgehead atoms. The van der Waals surface area contributed by atoms with Gasteiger partial charge >= 0.3 is 0 Å². The summed E-state index contributed by atoms with van der Waals surface area (Å²) in [5.74, 6) is -2.90. The van der Waals surface area contributed by atoms with Crippen molar-refractivity contribution < 1.29 is 17.4 Å². The van der Waals surface area contributed by atoms with Gasteiger partial charge in [0.15, 0.2) is 11.6 Å². The molecule has 0 amide bonds. The summed E-state index contributed by atoms with van der Waals surface area (Å²) < 4.78 is 57.1. The zero-order chi connectivity index (χ0) is 18.7. The number of halogens is 3. The minimum absolute atomic E-state index is 0.0198. The second-order valence-electron chi connectivity index (χ2n) is 5.58. The van der Waals surface area contributed by atoms with Gasteiger partial charge in [0.25, 0.3) is 0 Å². The Balaban J connectivity index is 1.96. The third-order valence-corrected chi connectivity index (χ3v) is 4.74. The minimum atomic E-state index is -1.70. The molecule has 7 heteroatoms. The first kappa shape index (κ1) is 18.0. The Hall–Kier alpha value is -2.80. The summed E-state index contributed by atoms with van der Waals surface area (Å²) in [6.07, 6.45) is 0. The van der Waals surface area contributed by atoms with Crippen molar-refractivity contribution in [3.8, 4) is 0 Å². The molecule has 0 fully saturated rings. The van der Waals surface area contributed by atoms with Crippen LogP contribution in [0, 0.1) is 24.4 Å². The number of nitrogens with one attached hydrogen (secondary N) is 2. The van der Waals surface area contributed by atoms with E-state index >= 15 is 0 Å². The molecule has 1 unspecified atom stereocenters. The van der Waals surface area contributed by atoms with Gasteiger partial charge in [0.2, 0.25) is 0 Å². The third kappa shape index (κ3) is 3.88. The van der Waals surface area contributed by atoms with Crippen LogP contribution in [-0.2, 0) is 11.0 Å². The van der Waals surface area contributed by atoms with Gasteiger partial charge in [-0.1, -0.05) is 24.3 Å². The molecule has 134 valence electrons. The van der Waals surface area contributed by atoms with Gasteiger partial charge in [-0.2, -0.15) is 0 Å². The van der Waals surface area contributed by atoms with Crippen molar-refractivity contribution in [3.63, 3.8) is 0 Å². The maximum Gasteiger partial charge on any atom is 0.184 e. The van der Waals surface area contributed by atoms with Crippen LogP contribution in [0.1, 0.15) is 5.56 Å². The van der Waals surface area contributed by atoms with E-state index in [0.717, 1.165) is 6.07 Å². The van der Waals surface area contributed by atoms with E-state index in [9.17, 15) is 17.4 Å². The number of hydrogen-bond donors (Lipinski definition) is 2. The predicted octanol–water partition coefficient (Wildman–Crippen LogP) is 5.29. The van der Waals surface area contributed by atoms with Crippen molar-refractivity contribution in [2.45, 2.75) is 11.8 Å². The first-order valence-corrected chi connectivity index (χ1v) is 8.85. The van der Waals surface area contributed by atoms with E-state index in [1.807, 2.05) is 0 Å². The third-order valence-electron chi connectivity index (χ3n) is 3.64. The Morgan fingerprint density at radius 1 is 0.846 bits per heavy atom. The molecule has 0 aliphatic heterocycles. The van der Waals surface area contributed by atoms with E-state index in [-0.39, 0.29) is 17.1 Å². The van der Waals surface area contributed by atoms with Gasteiger partial charge in [0.05, 0.1) is 16.3 Å². The molecule has 1 atom stereocenters. The lowest BCUT2D eigenvalue weighted by atomic mass is 10.2. The van der Waals surface area contributed by atoms with Crippen molar-refractivity contribution >= 4 is 28.0 Å². The van der Waals surface area contributed by atoms with Gasteiger partial charge in [0.1, 0.15) is 22.5 Å². The molecular weight excluding hydrogens is 361 g/mol. The number of aryl methyl sites for hydroxylation is 1. The standard InChI is InChI=1S/C19H15F3N2OS/c1-12-7-9-16(15(21)11-12)23-19-17(10-8-14(20)18(19)22)24-26(25)13-5-3-2-4-6-13/h2-11,23-24H,1H3. The topological polar surface area (TPSA) is 41.1 Å². The van der Waals surface area contributed by atoms with E-state index in [4.69, 9.17) is 0 Å². The summed E-state index contributed by atoms with van der Waals surface area (Å²) in [7, 11) is -1.70. The Morgan fingerprint density at radius 2 is 1.54 bits per heavy atom. The van der Waals surface area contributed by atoms with E-state index in [1.165, 1.54) is 18.2 Å². The molecule has 3 aromatic carbocycles. The fourth-order valence-electron chi connectivity index (χ4n) is 2.32. The number of hydrogen-bond acceptors (Lipinski definition) is 2. The molecule has 0 heterocycles. The average molecular weight is 376 g/mol. The first-order chi connectivity index (χ1) is 12.5. The highest BCUT2D eigenvalue weighted by Crippen LogP contribution is 2.32. The fourth-order valence-corrected chi connectivity index (χ4v) is 3.21. The summed E-state index contributed by atoms with van der Waals surface area (Å²) in [4.78, 5) is 0.463. The molecule has 3 rings (SSSR count). The second kappa shape index (κ2) is 7.61. The highest BCUT2D eigenvalue weighted by Gasteiger charge is 2.17. The summed E-state index contributed by atoms with van der Waals surface area (Å²) >= 11 is 0. The van der Waals surface area contributed by atoms with Crippen LogP contribution in [0.25, 0.3) is 0 Å². The Bertz CT molecular complexity index is 964. The number of anilines is 3. The largest absolute Gasteiger partial charge is 0.349 e. The molecule has 26 heavy (non-hydrogen) atoms. The molecular formula is C19H15F3N2OS. The monoisotopic (exact) mass is 376 g/mol. The minimum Gasteiger partial charge on any atom is -0.349 e. The van der Waals surface area contributed by atoms with E-state index < -0.39 is 28.4 Å². The highest BCUT2D eigenvalue weighted by atomic mass is 32.2. The molecule has 3 aromatic rings. The zero-order valence-electron chi connectivity index (χ0n) is 13.7. The lowest BCUT2D eigenvalue weighted by Gasteiger charge is -2.15. The van der Waals surface area contributed by atoms with Crippen molar-refractivity contribution in [2.75, 3.05) is 10.0 Å². The van der Waals surface area contributed by atoms with Crippen LogP contribution < -0.4 is 10.0 Å². The van der Waals surface area contributed by atoms with E-state index in [2.05, 4.69) is 10.0 Å². The summed E-state index contributed by atoms with van der Waals surface area (Å²) in [5.41, 5.74) is 0.396. The maximum absolute atomic E-state index is 14.3. The van der Waals surface area contributed by atoms with Crippen LogP contribution in [-0.4, -0.2) is 4.21 Å². The first-order valence-electron chi connectivity index (χ1n) is 7.70. The van der Waals surface area contributed by atoms with Gasteiger partial charge in [-0.05, 0) is 48.9 Å². The van der Waals surface area contributed by atoms with Gasteiger partial charge in [-0.15, -0.1) is 0 Å². The maximum atomic E-state index is 14.3. The van der Waals surface area contributed by atoms with Crippen LogP contribution in [0.15, 0.2) is 65.6 Å². The van der Waals surface area contributed by atoms with Crippen molar-refractivity contribution in [3.05, 3.63) is 83.7 Å². The fraction of sp³-hybridized carbons (Fsp3) is 0.0526. The van der Waals surface area contributed by atoms with Crippen LogP contribution in [0.2, 0.25) is 0 Å². The molecule has 3 nitrogen and oxygen atoms in total. The molecule has 0 aliphatic carbocycles. The molecule has 0 saturated carbocycles. The molecule has 0 saturated heterocycles. The van der Waals surface area contributed by atoms with Crippen LogP contribution in [0.3, 0.4) is 0 Å². The van der Waals surface area contributed by atoms with Crippen molar-refractivity contribution in [1.29, 1.82) is 0 Å². The lowest BCUT2D eigenvalue weighted by molar-refractivity contribution is 0.512. The van der Waals surface area contributed by atoms with Gasteiger partial charge in [0, 0.05) is 0 Å². The SMILES string of the molecule is Cc1ccc(Nc2c(NS(=O)c3ccccc3)ccc(F)c2F)c(F)c1. The normalized spacial score (nSPS) is 11.8. The van der Waals surface area contributed by atoms with Gasteiger partial charge in [-0.3, -0.25) is 4.72 Å². The van der Waals surface area contributed by atoms with E-state index in [1.54, 1.807) is 43.3 Å². The number of rotatable bonds is 5. The summed E-state index contributed by atoms with van der Waals surface area (Å²) in [5, 5.41) is 2.55. The highest BCUT2D eigenvalue weighted by molar-refractivity contribution is 7.86. The van der Waals surface area contributed by atoms with Crippen LogP contribution >= 0.6 is 0 Å². The molecule has 0 aromatic heterocycles. The molecule has 0 radical (unpaired) electrons. The Morgan fingerprint density at radius 3 is 2.23 bits per heavy atom. The van der Waals surface area contributed by atoms with Gasteiger partial charge < -0.3 is 5.32 Å². The Labute approximate surface area is 151 Å².